The number of aromatic nitrogens is 4. The monoisotopic (exact) mass is 559 g/mol. The third-order valence-corrected chi connectivity index (χ3v) is 7.11. The minimum atomic E-state index is -0.931. The van der Waals surface area contributed by atoms with Gasteiger partial charge in [-0.2, -0.15) is 10.4 Å². The molecule has 0 spiro atoms. The number of amides is 3. The first-order chi connectivity index (χ1) is 19.6. The first-order valence-electron chi connectivity index (χ1n) is 13.1. The lowest BCUT2D eigenvalue weighted by atomic mass is 9.92. The molecule has 1 fully saturated rings. The summed E-state index contributed by atoms with van der Waals surface area (Å²) in [7, 11) is 3.40. The van der Waals surface area contributed by atoms with E-state index in [1.165, 1.54) is 17.0 Å². The molecule has 0 bridgehead atoms. The van der Waals surface area contributed by atoms with Crippen molar-refractivity contribution >= 4 is 28.8 Å². The average Bonchev–Trinajstić information content (AvgIpc) is 3.72. The lowest BCUT2D eigenvalue weighted by Crippen LogP contribution is -2.42. The molecule has 3 amide bonds. The molecule has 3 N–H and O–H groups in total. The Bertz CT molecular complexity index is 1650. The fourth-order valence-corrected chi connectivity index (χ4v) is 4.63. The number of hydrogen-bond donors (Lipinski definition) is 3. The second-order valence-corrected chi connectivity index (χ2v) is 10.7. The number of urea groups is 1. The SMILES string of the molecule is CN(C)C(=O)N[C@@H]1CCN(c2n[nH]c3nccc(-c4ccc(CNC(=O)c5cc(C(C)(C)C#N)on5)c(F)c4)c23)C1. The van der Waals surface area contributed by atoms with Crippen LogP contribution in [-0.4, -0.2) is 70.4 Å². The van der Waals surface area contributed by atoms with Crippen LogP contribution < -0.4 is 15.5 Å². The Kier molecular flexibility index (Phi) is 7.32. The highest BCUT2D eigenvalue weighted by Crippen LogP contribution is 2.35. The molecule has 0 aliphatic carbocycles. The molecule has 1 aliphatic rings. The highest BCUT2D eigenvalue weighted by molar-refractivity contribution is 6.00. The van der Waals surface area contributed by atoms with E-state index in [1.54, 1.807) is 46.3 Å². The topological polar surface area (TPSA) is 156 Å². The molecule has 41 heavy (non-hydrogen) atoms. The van der Waals surface area contributed by atoms with Gasteiger partial charge in [-0.3, -0.25) is 9.89 Å². The number of benzene rings is 1. The van der Waals surface area contributed by atoms with Crippen LogP contribution in [0.25, 0.3) is 22.2 Å². The molecule has 1 saturated heterocycles. The van der Waals surface area contributed by atoms with E-state index in [2.05, 4.69) is 41.9 Å². The summed E-state index contributed by atoms with van der Waals surface area (Å²) in [5, 5.41) is 26.9. The van der Waals surface area contributed by atoms with Gasteiger partial charge in [-0.1, -0.05) is 17.3 Å². The van der Waals surface area contributed by atoms with Crippen LogP contribution >= 0.6 is 0 Å². The van der Waals surface area contributed by atoms with Gasteiger partial charge in [0, 0.05) is 57.6 Å². The van der Waals surface area contributed by atoms with Gasteiger partial charge in [0.15, 0.2) is 22.9 Å². The van der Waals surface area contributed by atoms with Crippen molar-refractivity contribution < 1.29 is 18.5 Å². The Morgan fingerprint density at radius 1 is 1.29 bits per heavy atom. The lowest BCUT2D eigenvalue weighted by molar-refractivity contribution is 0.0941. The molecule has 13 heteroatoms. The van der Waals surface area contributed by atoms with E-state index in [1.807, 2.05) is 6.07 Å². The first-order valence-corrected chi connectivity index (χ1v) is 13.1. The largest absolute Gasteiger partial charge is 0.359 e. The molecule has 3 aromatic heterocycles. The van der Waals surface area contributed by atoms with E-state index in [4.69, 9.17) is 4.52 Å². The van der Waals surface area contributed by atoms with Crippen molar-refractivity contribution in [1.29, 1.82) is 5.26 Å². The molecule has 1 aromatic carbocycles. The van der Waals surface area contributed by atoms with Crippen molar-refractivity contribution in [2.75, 3.05) is 32.1 Å². The van der Waals surface area contributed by atoms with Gasteiger partial charge in [-0.25, -0.2) is 14.2 Å². The van der Waals surface area contributed by atoms with Gasteiger partial charge in [-0.15, -0.1) is 0 Å². The van der Waals surface area contributed by atoms with E-state index in [9.17, 15) is 14.9 Å². The highest BCUT2D eigenvalue weighted by Gasteiger charge is 2.29. The number of fused-ring (bicyclic) bond motifs is 1. The summed E-state index contributed by atoms with van der Waals surface area (Å²) in [6.07, 6.45) is 2.40. The van der Waals surface area contributed by atoms with Crippen molar-refractivity contribution in [3.05, 3.63) is 59.4 Å². The molecule has 0 radical (unpaired) electrons. The van der Waals surface area contributed by atoms with Crippen molar-refractivity contribution in [3.8, 4) is 17.2 Å². The number of rotatable bonds is 7. The predicted molar refractivity (Wildman–Crippen MR) is 148 cm³/mol. The summed E-state index contributed by atoms with van der Waals surface area (Å²) in [6.45, 7) is 4.53. The molecular formula is C28H30FN9O3. The minimum absolute atomic E-state index is 0.0115. The van der Waals surface area contributed by atoms with E-state index in [-0.39, 0.29) is 30.1 Å². The molecule has 4 aromatic rings. The fourth-order valence-electron chi connectivity index (χ4n) is 4.63. The second-order valence-electron chi connectivity index (χ2n) is 10.7. The number of H-pyrrole nitrogens is 1. The maximum atomic E-state index is 15.2. The van der Waals surface area contributed by atoms with Crippen LogP contribution in [0.4, 0.5) is 15.0 Å². The highest BCUT2D eigenvalue weighted by atomic mass is 19.1. The first kappa shape index (κ1) is 27.6. The standard InChI is InChI=1S/C28H30FN9O3/c1-28(2,15-30)22-12-21(36-41-22)26(39)32-13-17-6-5-16(11-20(17)29)19-7-9-31-24-23(19)25(35-34-24)38-10-8-18(14-38)33-27(40)37(3)4/h5-7,9,11-12,18H,8,10,13-14H2,1-4H3,(H,32,39)(H,33,40)(H,31,34,35)/t18-/m1/s1. The van der Waals surface area contributed by atoms with Crippen LogP contribution in [0.1, 0.15) is 42.1 Å². The molecule has 12 nitrogen and oxygen atoms in total. The maximum Gasteiger partial charge on any atom is 0.317 e. The Balaban J connectivity index is 1.32. The van der Waals surface area contributed by atoms with Crippen molar-refractivity contribution in [3.63, 3.8) is 0 Å². The normalized spacial score (nSPS) is 15.1. The van der Waals surface area contributed by atoms with Crippen LogP contribution in [-0.2, 0) is 12.0 Å². The van der Waals surface area contributed by atoms with Crippen molar-refractivity contribution in [2.45, 2.75) is 38.3 Å². The molecule has 4 heterocycles. The predicted octanol–water partition coefficient (Wildman–Crippen LogP) is 3.33. The molecular weight excluding hydrogens is 529 g/mol. The number of aromatic amines is 1. The average molecular weight is 560 g/mol. The maximum absolute atomic E-state index is 15.2. The fraction of sp³-hybridized carbons (Fsp3) is 0.357. The zero-order valence-corrected chi connectivity index (χ0v) is 23.2. The number of pyridine rings is 1. The van der Waals surface area contributed by atoms with Gasteiger partial charge in [0.2, 0.25) is 0 Å². The van der Waals surface area contributed by atoms with Crippen LogP contribution in [0.15, 0.2) is 41.1 Å². The third-order valence-electron chi connectivity index (χ3n) is 7.11. The summed E-state index contributed by atoms with van der Waals surface area (Å²) in [4.78, 5) is 32.6. The minimum Gasteiger partial charge on any atom is -0.359 e. The quantitative estimate of drug-likeness (QED) is 0.311. The summed E-state index contributed by atoms with van der Waals surface area (Å²) < 4.78 is 20.4. The van der Waals surface area contributed by atoms with Gasteiger partial charge in [0.1, 0.15) is 11.2 Å². The Morgan fingerprint density at radius 2 is 2.10 bits per heavy atom. The number of nitriles is 1. The van der Waals surface area contributed by atoms with Crippen LogP contribution in [0.5, 0.6) is 0 Å². The lowest BCUT2D eigenvalue weighted by Gasteiger charge is -2.19. The van der Waals surface area contributed by atoms with Crippen molar-refractivity contribution in [2.24, 2.45) is 0 Å². The summed E-state index contributed by atoms with van der Waals surface area (Å²) in [5.41, 5.74) is 1.33. The zero-order valence-electron chi connectivity index (χ0n) is 23.2. The number of carbonyl (C=O) groups is 2. The van der Waals surface area contributed by atoms with E-state index >= 15 is 4.39 Å². The van der Waals surface area contributed by atoms with Crippen LogP contribution in [0.3, 0.4) is 0 Å². The second kappa shape index (κ2) is 10.9. The number of nitrogens with one attached hydrogen (secondary N) is 3. The molecule has 0 saturated carbocycles. The third kappa shape index (κ3) is 5.54. The van der Waals surface area contributed by atoms with Crippen LogP contribution in [0.2, 0.25) is 0 Å². The van der Waals surface area contributed by atoms with Crippen molar-refractivity contribution in [1.82, 2.24) is 35.9 Å². The summed E-state index contributed by atoms with van der Waals surface area (Å²) in [6, 6.07) is 9.96. The van der Waals surface area contributed by atoms with E-state index in [0.29, 0.717) is 35.7 Å². The molecule has 1 atom stereocenters. The molecule has 212 valence electrons. The molecule has 0 unspecified atom stereocenters. The van der Waals surface area contributed by atoms with Gasteiger partial charge in [0.25, 0.3) is 5.91 Å². The Morgan fingerprint density at radius 3 is 2.83 bits per heavy atom. The van der Waals surface area contributed by atoms with Gasteiger partial charge in [-0.05, 0) is 43.5 Å². The van der Waals surface area contributed by atoms with E-state index in [0.717, 1.165) is 17.4 Å². The molecule has 5 rings (SSSR count). The summed E-state index contributed by atoms with van der Waals surface area (Å²) in [5.74, 6) is -0.0718. The number of carbonyl (C=O) groups excluding carboxylic acids is 2. The Labute approximate surface area is 235 Å². The van der Waals surface area contributed by atoms with Gasteiger partial charge < -0.3 is 25.0 Å². The van der Waals surface area contributed by atoms with E-state index < -0.39 is 17.1 Å². The number of nitrogens with zero attached hydrogens (tertiary/aromatic N) is 6. The smallest absolute Gasteiger partial charge is 0.317 e. The molecule has 1 aliphatic heterocycles. The number of hydrogen-bond acceptors (Lipinski definition) is 8. The van der Waals surface area contributed by atoms with Gasteiger partial charge >= 0.3 is 6.03 Å². The zero-order chi connectivity index (χ0) is 29.3. The van der Waals surface area contributed by atoms with Crippen LogP contribution in [0, 0.1) is 17.1 Å². The number of halogens is 1. The summed E-state index contributed by atoms with van der Waals surface area (Å²) >= 11 is 0. The Hall–Kier alpha value is -4.99. The van der Waals surface area contributed by atoms with Gasteiger partial charge in [0.05, 0.1) is 11.5 Å². The number of anilines is 1.